The molecule has 0 saturated carbocycles. The van der Waals surface area contributed by atoms with E-state index in [-0.39, 0.29) is 11.9 Å². The van der Waals surface area contributed by atoms with Gasteiger partial charge in [-0.1, -0.05) is 12.2 Å². The lowest BCUT2D eigenvalue weighted by Gasteiger charge is -2.37. The molecular formula is C12H16BrN3OS2. The summed E-state index contributed by atoms with van der Waals surface area (Å²) in [6.07, 6.45) is 0. The Labute approximate surface area is 130 Å². The van der Waals surface area contributed by atoms with Crippen LogP contribution in [0.3, 0.4) is 0 Å². The second-order valence-corrected chi connectivity index (χ2v) is 7.44. The average Bonchev–Trinajstić information content (AvgIpc) is 2.84. The summed E-state index contributed by atoms with van der Waals surface area (Å²) >= 11 is 9.86. The fourth-order valence-corrected chi connectivity index (χ4v) is 3.58. The molecule has 1 amide bonds. The van der Waals surface area contributed by atoms with Gasteiger partial charge in [-0.05, 0) is 35.0 Å². The normalized spacial score (nSPS) is 18.3. The minimum atomic E-state index is 0.100. The summed E-state index contributed by atoms with van der Waals surface area (Å²) in [6, 6.07) is 3.87. The summed E-state index contributed by atoms with van der Waals surface area (Å²) in [5.41, 5.74) is 5.66. The number of halogens is 1. The number of carbonyl (C=O) groups is 1. The number of rotatable bonds is 3. The van der Waals surface area contributed by atoms with Crippen molar-refractivity contribution >= 4 is 50.4 Å². The molecule has 0 spiro atoms. The first-order valence-corrected chi connectivity index (χ1v) is 8.09. The fourth-order valence-electron chi connectivity index (χ4n) is 2.08. The maximum atomic E-state index is 12.3. The number of nitrogens with zero attached hydrogens (tertiary/aromatic N) is 2. The Balaban J connectivity index is 1.93. The second-order valence-electron chi connectivity index (χ2n) is 4.51. The lowest BCUT2D eigenvalue weighted by atomic mass is 10.2. The lowest BCUT2D eigenvalue weighted by Crippen LogP contribution is -2.53. The molecule has 2 heterocycles. The highest BCUT2D eigenvalue weighted by Gasteiger charge is 2.26. The number of nitrogens with two attached hydrogens (primary N) is 1. The zero-order chi connectivity index (χ0) is 14.0. The van der Waals surface area contributed by atoms with Gasteiger partial charge in [0.2, 0.25) is 0 Å². The van der Waals surface area contributed by atoms with Crippen LogP contribution in [0.4, 0.5) is 0 Å². The molecule has 0 aromatic carbocycles. The molecule has 1 aromatic heterocycles. The van der Waals surface area contributed by atoms with E-state index in [9.17, 15) is 4.79 Å². The Bertz CT molecular complexity index is 483. The summed E-state index contributed by atoms with van der Waals surface area (Å²) in [5.74, 6) is 0.110. The maximum Gasteiger partial charge on any atom is 0.264 e. The Hall–Kier alpha value is -0.500. The van der Waals surface area contributed by atoms with Gasteiger partial charge in [0.1, 0.15) is 0 Å². The van der Waals surface area contributed by atoms with Crippen molar-refractivity contribution in [3.63, 3.8) is 0 Å². The number of carbonyl (C=O) groups excluding carboxylic acids is 1. The molecule has 104 valence electrons. The van der Waals surface area contributed by atoms with Gasteiger partial charge in [-0.25, -0.2) is 0 Å². The highest BCUT2D eigenvalue weighted by molar-refractivity contribution is 9.11. The van der Waals surface area contributed by atoms with E-state index in [1.165, 1.54) is 11.3 Å². The van der Waals surface area contributed by atoms with Gasteiger partial charge in [-0.2, -0.15) is 0 Å². The molecule has 1 aromatic rings. The minimum absolute atomic E-state index is 0.100. The number of hydrogen-bond donors (Lipinski definition) is 1. The average molecular weight is 362 g/mol. The van der Waals surface area contributed by atoms with E-state index in [1.54, 1.807) is 0 Å². The maximum absolute atomic E-state index is 12.3. The molecule has 0 radical (unpaired) electrons. The van der Waals surface area contributed by atoms with E-state index in [0.29, 0.717) is 4.99 Å². The van der Waals surface area contributed by atoms with Gasteiger partial charge < -0.3 is 10.6 Å². The topological polar surface area (TPSA) is 49.6 Å². The van der Waals surface area contributed by atoms with Gasteiger partial charge in [-0.15, -0.1) is 11.3 Å². The van der Waals surface area contributed by atoms with E-state index in [2.05, 4.69) is 20.8 Å². The van der Waals surface area contributed by atoms with Crippen molar-refractivity contribution in [2.75, 3.05) is 26.2 Å². The summed E-state index contributed by atoms with van der Waals surface area (Å²) in [6.45, 7) is 5.09. The third-order valence-electron chi connectivity index (χ3n) is 3.34. The molecule has 1 aliphatic rings. The van der Waals surface area contributed by atoms with Gasteiger partial charge in [0.15, 0.2) is 0 Å². The number of thiocarbonyl (C=S) groups is 1. The third kappa shape index (κ3) is 3.53. The van der Waals surface area contributed by atoms with Crippen LogP contribution in [-0.4, -0.2) is 52.9 Å². The van der Waals surface area contributed by atoms with Crippen LogP contribution in [0.15, 0.2) is 15.9 Å². The molecule has 0 aliphatic carbocycles. The van der Waals surface area contributed by atoms with Crippen LogP contribution in [0.1, 0.15) is 16.6 Å². The van der Waals surface area contributed by atoms with E-state index >= 15 is 0 Å². The molecule has 1 unspecified atom stereocenters. The Kier molecular flexibility index (Phi) is 4.94. The first kappa shape index (κ1) is 14.9. The SMILES string of the molecule is CC(C(N)=S)N1CCN(C(=O)c2ccc(Br)s2)CC1. The van der Waals surface area contributed by atoms with Crippen molar-refractivity contribution in [2.45, 2.75) is 13.0 Å². The molecule has 1 atom stereocenters. The first-order valence-electron chi connectivity index (χ1n) is 6.07. The van der Waals surface area contributed by atoms with Crippen molar-refractivity contribution in [3.05, 3.63) is 20.8 Å². The smallest absolute Gasteiger partial charge is 0.264 e. The summed E-state index contributed by atoms with van der Waals surface area (Å²) in [5, 5.41) is 0. The Morgan fingerprint density at radius 2 is 2.05 bits per heavy atom. The molecule has 1 saturated heterocycles. The predicted octanol–water partition coefficient (Wildman–Crippen LogP) is 1.94. The van der Waals surface area contributed by atoms with Crippen LogP contribution in [0, 0.1) is 0 Å². The highest BCUT2D eigenvalue weighted by Crippen LogP contribution is 2.23. The molecule has 7 heteroatoms. The third-order valence-corrected chi connectivity index (χ3v) is 5.30. The molecule has 1 fully saturated rings. The highest BCUT2D eigenvalue weighted by atomic mass is 79.9. The largest absolute Gasteiger partial charge is 0.392 e. The standard InChI is InChI=1S/C12H16BrN3OS2/c1-8(11(14)18)15-4-6-16(7-5-15)12(17)9-2-3-10(13)19-9/h2-3,8H,4-7H2,1H3,(H2,14,18). The van der Waals surface area contributed by atoms with Crippen LogP contribution in [-0.2, 0) is 0 Å². The summed E-state index contributed by atoms with van der Waals surface area (Å²) < 4.78 is 0.983. The fraction of sp³-hybridized carbons (Fsp3) is 0.500. The molecule has 19 heavy (non-hydrogen) atoms. The Morgan fingerprint density at radius 3 is 2.53 bits per heavy atom. The molecular weight excluding hydrogens is 346 g/mol. The predicted molar refractivity (Wildman–Crippen MR) is 85.7 cm³/mol. The summed E-state index contributed by atoms with van der Waals surface area (Å²) in [4.78, 5) is 17.7. The van der Waals surface area contributed by atoms with Gasteiger partial charge in [-0.3, -0.25) is 9.69 Å². The van der Waals surface area contributed by atoms with Gasteiger partial charge in [0.25, 0.3) is 5.91 Å². The molecule has 1 aliphatic heterocycles. The molecule has 4 nitrogen and oxygen atoms in total. The van der Waals surface area contributed by atoms with Crippen LogP contribution < -0.4 is 5.73 Å². The van der Waals surface area contributed by atoms with E-state index in [4.69, 9.17) is 18.0 Å². The lowest BCUT2D eigenvalue weighted by molar-refractivity contribution is 0.0626. The number of thiophene rings is 1. The van der Waals surface area contributed by atoms with Gasteiger partial charge in [0, 0.05) is 26.2 Å². The van der Waals surface area contributed by atoms with Crippen LogP contribution in [0.2, 0.25) is 0 Å². The Morgan fingerprint density at radius 1 is 1.42 bits per heavy atom. The van der Waals surface area contributed by atoms with Crippen molar-refractivity contribution in [1.82, 2.24) is 9.80 Å². The monoisotopic (exact) mass is 361 g/mol. The van der Waals surface area contributed by atoms with Crippen LogP contribution in [0.25, 0.3) is 0 Å². The van der Waals surface area contributed by atoms with E-state index in [1.807, 2.05) is 24.0 Å². The number of amides is 1. The minimum Gasteiger partial charge on any atom is -0.392 e. The zero-order valence-corrected chi connectivity index (χ0v) is 13.9. The number of piperazine rings is 1. The zero-order valence-electron chi connectivity index (χ0n) is 10.6. The van der Waals surface area contributed by atoms with Crippen LogP contribution >= 0.6 is 39.5 Å². The molecule has 2 rings (SSSR count). The summed E-state index contributed by atoms with van der Waals surface area (Å²) in [7, 11) is 0. The van der Waals surface area contributed by atoms with Gasteiger partial charge >= 0.3 is 0 Å². The number of hydrogen-bond acceptors (Lipinski definition) is 4. The van der Waals surface area contributed by atoms with Crippen molar-refractivity contribution in [3.8, 4) is 0 Å². The van der Waals surface area contributed by atoms with E-state index < -0.39 is 0 Å². The molecule has 0 bridgehead atoms. The van der Waals surface area contributed by atoms with Crippen LogP contribution in [0.5, 0.6) is 0 Å². The van der Waals surface area contributed by atoms with Gasteiger partial charge in [0.05, 0.1) is 19.7 Å². The van der Waals surface area contributed by atoms with Crippen molar-refractivity contribution in [2.24, 2.45) is 5.73 Å². The first-order chi connectivity index (χ1) is 8.99. The van der Waals surface area contributed by atoms with Crippen molar-refractivity contribution in [1.29, 1.82) is 0 Å². The van der Waals surface area contributed by atoms with E-state index in [0.717, 1.165) is 34.8 Å². The molecule has 2 N–H and O–H groups in total. The van der Waals surface area contributed by atoms with Crippen molar-refractivity contribution < 1.29 is 4.79 Å². The quantitative estimate of drug-likeness (QED) is 0.835. The second kappa shape index (κ2) is 6.30.